The molecule has 0 radical (unpaired) electrons. The first-order valence-corrected chi connectivity index (χ1v) is 15.7. The number of rotatable bonds is 10. The lowest BCUT2D eigenvalue weighted by molar-refractivity contribution is -0.387. The van der Waals surface area contributed by atoms with Crippen LogP contribution in [0, 0.1) is 16.0 Å². The van der Waals surface area contributed by atoms with E-state index in [4.69, 9.17) is 11.6 Å². The summed E-state index contributed by atoms with van der Waals surface area (Å²) in [5, 5.41) is 15.7. The standard InChI is InChI=1S/C30H32ClN5O5S/c1-30(18-21-19-33-24-12-6-5-11-23(21)24,35-42(40,41)27-15-14-22(31)17-26(27)36(38)39)29(37)34-28(20-9-3-2-4-10-20)25-13-7-8-16-32-25/h5-8,11-17,19-20,28,33,35H,2-4,9-10,18H2,1H3,(H,34,37). The van der Waals surface area contributed by atoms with Gasteiger partial charge in [0.25, 0.3) is 5.69 Å². The molecule has 5 rings (SSSR count). The van der Waals surface area contributed by atoms with Gasteiger partial charge in [-0.25, -0.2) is 8.42 Å². The number of aromatic nitrogens is 2. The van der Waals surface area contributed by atoms with E-state index in [-0.39, 0.29) is 17.4 Å². The van der Waals surface area contributed by atoms with Gasteiger partial charge in [-0.15, -0.1) is 0 Å². The molecule has 1 aliphatic rings. The number of fused-ring (bicyclic) bond motifs is 1. The Hall–Kier alpha value is -3.80. The van der Waals surface area contributed by atoms with Crippen molar-refractivity contribution in [3.05, 3.63) is 99.5 Å². The SMILES string of the molecule is CC(Cc1c[nH]c2ccccc12)(NS(=O)(=O)c1ccc(Cl)cc1[N+](=O)[O-])C(=O)NC(c1ccccn1)C1CCCCC1. The molecule has 3 N–H and O–H groups in total. The lowest BCUT2D eigenvalue weighted by Gasteiger charge is -2.35. The number of carbonyl (C=O) groups is 1. The average Bonchev–Trinajstić information content (AvgIpc) is 3.38. The van der Waals surface area contributed by atoms with Crippen LogP contribution in [0.1, 0.15) is 56.3 Å². The molecule has 2 aromatic heterocycles. The van der Waals surface area contributed by atoms with Crippen molar-refractivity contribution in [1.82, 2.24) is 20.0 Å². The number of carbonyl (C=O) groups excluding carboxylic acids is 1. The Morgan fingerprint density at radius 2 is 1.88 bits per heavy atom. The van der Waals surface area contributed by atoms with Crippen molar-refractivity contribution < 1.29 is 18.1 Å². The molecule has 0 aliphatic heterocycles. The second-order valence-electron chi connectivity index (χ2n) is 10.9. The number of benzene rings is 2. The summed E-state index contributed by atoms with van der Waals surface area (Å²) in [6.45, 7) is 1.50. The van der Waals surface area contributed by atoms with Gasteiger partial charge in [0, 0.05) is 40.8 Å². The highest BCUT2D eigenvalue weighted by molar-refractivity contribution is 7.89. The molecule has 42 heavy (non-hydrogen) atoms. The highest BCUT2D eigenvalue weighted by Gasteiger charge is 2.42. The fraction of sp³-hybridized carbons (Fsp3) is 0.333. The van der Waals surface area contributed by atoms with Crippen LogP contribution in [0.15, 0.2) is 78.0 Å². The number of aromatic amines is 1. The number of hydrogen-bond donors (Lipinski definition) is 3. The molecule has 2 atom stereocenters. The number of pyridine rings is 1. The highest BCUT2D eigenvalue weighted by Crippen LogP contribution is 2.35. The first-order valence-electron chi connectivity index (χ1n) is 13.8. The molecule has 2 aromatic carbocycles. The van der Waals surface area contributed by atoms with Crippen LogP contribution in [-0.2, 0) is 21.2 Å². The van der Waals surface area contributed by atoms with Gasteiger partial charge in [0.05, 0.1) is 16.7 Å². The third kappa shape index (κ3) is 6.33. The minimum Gasteiger partial charge on any atom is -0.361 e. The second kappa shape index (κ2) is 12.2. The average molecular weight is 610 g/mol. The summed E-state index contributed by atoms with van der Waals surface area (Å²) in [5.41, 5.74) is -0.177. The predicted molar refractivity (Wildman–Crippen MR) is 161 cm³/mol. The molecule has 1 saturated carbocycles. The van der Waals surface area contributed by atoms with Crippen molar-refractivity contribution in [2.75, 3.05) is 0 Å². The molecule has 1 aliphatic carbocycles. The summed E-state index contributed by atoms with van der Waals surface area (Å²) in [4.78, 5) is 32.4. The fourth-order valence-electron chi connectivity index (χ4n) is 5.79. The number of sulfonamides is 1. The quantitative estimate of drug-likeness (QED) is 0.152. The second-order valence-corrected chi connectivity index (χ2v) is 13.0. The largest absolute Gasteiger partial charge is 0.361 e. The molecule has 1 amide bonds. The van der Waals surface area contributed by atoms with Crippen LogP contribution in [0.25, 0.3) is 10.9 Å². The zero-order valence-corrected chi connectivity index (χ0v) is 24.6. The number of nitro groups is 1. The Balaban J connectivity index is 1.55. The van der Waals surface area contributed by atoms with Gasteiger partial charge in [-0.05, 0) is 61.6 Å². The minimum atomic E-state index is -4.57. The van der Waals surface area contributed by atoms with E-state index in [1.54, 1.807) is 18.5 Å². The van der Waals surface area contributed by atoms with E-state index in [9.17, 15) is 23.3 Å². The van der Waals surface area contributed by atoms with Gasteiger partial charge in [0.15, 0.2) is 4.90 Å². The number of halogens is 1. The van der Waals surface area contributed by atoms with E-state index in [0.29, 0.717) is 11.3 Å². The molecular formula is C30H32ClN5O5S. The highest BCUT2D eigenvalue weighted by atomic mass is 35.5. The van der Waals surface area contributed by atoms with E-state index >= 15 is 0 Å². The molecule has 1 fully saturated rings. The maximum absolute atomic E-state index is 14.3. The maximum atomic E-state index is 14.3. The Bertz CT molecular complexity index is 1710. The molecule has 2 heterocycles. The number of para-hydroxylation sites is 1. The van der Waals surface area contributed by atoms with Crippen LogP contribution >= 0.6 is 11.6 Å². The monoisotopic (exact) mass is 609 g/mol. The fourth-order valence-corrected chi connectivity index (χ4v) is 7.48. The Morgan fingerprint density at radius 1 is 1.14 bits per heavy atom. The van der Waals surface area contributed by atoms with Gasteiger partial charge < -0.3 is 10.3 Å². The molecule has 2 unspecified atom stereocenters. The van der Waals surface area contributed by atoms with Gasteiger partial charge in [0.1, 0.15) is 5.54 Å². The third-order valence-corrected chi connectivity index (χ3v) is 9.78. The van der Waals surface area contributed by atoms with Crippen molar-refractivity contribution in [2.45, 2.75) is 61.9 Å². The Kier molecular flexibility index (Phi) is 8.63. The number of hydrogen-bond acceptors (Lipinski definition) is 6. The normalized spacial score (nSPS) is 16.5. The minimum absolute atomic E-state index is 0.0191. The topological polar surface area (TPSA) is 147 Å². The van der Waals surface area contributed by atoms with Crippen LogP contribution in [0.5, 0.6) is 0 Å². The first kappa shape index (κ1) is 29.7. The number of nitro benzene ring substituents is 1. The molecule has 4 aromatic rings. The van der Waals surface area contributed by atoms with Crippen molar-refractivity contribution in [2.24, 2.45) is 5.92 Å². The lowest BCUT2D eigenvalue weighted by Crippen LogP contribution is -2.59. The molecule has 0 saturated heterocycles. The Morgan fingerprint density at radius 3 is 2.60 bits per heavy atom. The molecular weight excluding hydrogens is 578 g/mol. The van der Waals surface area contributed by atoms with E-state index in [0.717, 1.165) is 55.1 Å². The maximum Gasteiger partial charge on any atom is 0.290 e. The number of nitrogens with one attached hydrogen (secondary N) is 3. The summed E-state index contributed by atoms with van der Waals surface area (Å²) in [6, 6.07) is 15.9. The van der Waals surface area contributed by atoms with E-state index in [2.05, 4.69) is 20.0 Å². The summed E-state index contributed by atoms with van der Waals surface area (Å²) >= 11 is 5.94. The summed E-state index contributed by atoms with van der Waals surface area (Å²) in [7, 11) is -4.57. The summed E-state index contributed by atoms with van der Waals surface area (Å²) < 4.78 is 30.1. The van der Waals surface area contributed by atoms with Gasteiger partial charge in [-0.2, -0.15) is 4.72 Å². The van der Waals surface area contributed by atoms with Crippen molar-refractivity contribution in [1.29, 1.82) is 0 Å². The molecule has 0 bridgehead atoms. The molecule has 0 spiro atoms. The van der Waals surface area contributed by atoms with Crippen molar-refractivity contribution in [3.8, 4) is 0 Å². The zero-order chi connectivity index (χ0) is 29.9. The zero-order valence-electron chi connectivity index (χ0n) is 23.0. The summed E-state index contributed by atoms with van der Waals surface area (Å²) in [5.74, 6) is -0.432. The van der Waals surface area contributed by atoms with Crippen molar-refractivity contribution >= 4 is 44.1 Å². The van der Waals surface area contributed by atoms with Crippen LogP contribution in [-0.4, -0.2) is 34.8 Å². The summed E-state index contributed by atoms with van der Waals surface area (Å²) in [6.07, 6.45) is 8.39. The number of amides is 1. The van der Waals surface area contributed by atoms with Gasteiger partial charge >= 0.3 is 0 Å². The van der Waals surface area contributed by atoms with Crippen LogP contribution < -0.4 is 10.0 Å². The van der Waals surface area contributed by atoms with Crippen LogP contribution in [0.3, 0.4) is 0 Å². The number of H-pyrrole nitrogens is 1. The number of nitrogens with zero attached hydrogens (tertiary/aromatic N) is 2. The smallest absolute Gasteiger partial charge is 0.290 e. The van der Waals surface area contributed by atoms with E-state index < -0.39 is 43.0 Å². The van der Waals surface area contributed by atoms with Gasteiger partial charge in [-0.1, -0.05) is 55.1 Å². The first-order chi connectivity index (χ1) is 20.1. The van der Waals surface area contributed by atoms with Crippen molar-refractivity contribution in [3.63, 3.8) is 0 Å². The van der Waals surface area contributed by atoms with E-state index in [1.165, 1.54) is 13.0 Å². The van der Waals surface area contributed by atoms with Gasteiger partial charge in [-0.3, -0.25) is 19.9 Å². The van der Waals surface area contributed by atoms with Crippen LogP contribution in [0.4, 0.5) is 5.69 Å². The van der Waals surface area contributed by atoms with Crippen LogP contribution in [0.2, 0.25) is 5.02 Å². The molecule has 220 valence electrons. The Labute approximate surface area is 249 Å². The predicted octanol–water partition coefficient (Wildman–Crippen LogP) is 5.84. The van der Waals surface area contributed by atoms with Gasteiger partial charge in [0.2, 0.25) is 15.9 Å². The molecule has 12 heteroatoms. The lowest BCUT2D eigenvalue weighted by atomic mass is 9.82. The molecule has 10 nitrogen and oxygen atoms in total. The third-order valence-electron chi connectivity index (χ3n) is 7.90. The van der Waals surface area contributed by atoms with E-state index in [1.807, 2.05) is 36.4 Å².